The second-order valence-electron chi connectivity index (χ2n) is 7.46. The molecule has 0 saturated carbocycles. The molecule has 164 valence electrons. The number of rotatable bonds is 2. The molecule has 1 aromatic heterocycles. The zero-order chi connectivity index (χ0) is 22.5. The van der Waals surface area contributed by atoms with Crippen LogP contribution in [0.4, 0.5) is 5.69 Å². The van der Waals surface area contributed by atoms with Crippen LogP contribution >= 0.6 is 11.6 Å². The summed E-state index contributed by atoms with van der Waals surface area (Å²) in [7, 11) is 2.76. The fraction of sp³-hybridized carbons (Fsp3) is 0.292. The summed E-state index contributed by atoms with van der Waals surface area (Å²) in [6.45, 7) is 4.69. The maximum Gasteiger partial charge on any atom is 0.340 e. The SMILES string of the molecule is COC(=O)C1CNc2ccc(C)cc2C1.COC(=O)c1cnc2ccc(C)cc2c1Cl.[2HH]. The summed E-state index contributed by atoms with van der Waals surface area (Å²) in [4.78, 5) is 27.0. The molecule has 0 bridgehead atoms. The summed E-state index contributed by atoms with van der Waals surface area (Å²) >= 11 is 6.15. The van der Waals surface area contributed by atoms with Crippen LogP contribution in [0.3, 0.4) is 0 Å². The summed E-state index contributed by atoms with van der Waals surface area (Å²) < 4.78 is 9.39. The van der Waals surface area contributed by atoms with E-state index in [1.165, 1.54) is 31.5 Å². The summed E-state index contributed by atoms with van der Waals surface area (Å²) in [5.74, 6) is -0.653. The molecule has 0 amide bonds. The molecule has 2 aromatic carbocycles. The molecule has 1 atom stereocenters. The number of ether oxygens (including phenoxy) is 2. The number of carbonyl (C=O) groups is 2. The number of esters is 2. The smallest absolute Gasteiger partial charge is 0.340 e. The van der Waals surface area contributed by atoms with E-state index in [4.69, 9.17) is 16.3 Å². The molecular formula is C24H27ClN2O4. The van der Waals surface area contributed by atoms with Crippen molar-refractivity contribution in [1.82, 2.24) is 4.98 Å². The van der Waals surface area contributed by atoms with Crippen LogP contribution in [0.5, 0.6) is 0 Å². The molecule has 1 N–H and O–H groups in total. The second-order valence-corrected chi connectivity index (χ2v) is 7.84. The number of aromatic nitrogens is 1. The van der Waals surface area contributed by atoms with Crippen molar-refractivity contribution < 1.29 is 20.5 Å². The average molecular weight is 444 g/mol. The van der Waals surface area contributed by atoms with Crippen LogP contribution in [0.2, 0.25) is 5.02 Å². The van der Waals surface area contributed by atoms with Gasteiger partial charge in [0.1, 0.15) is 0 Å². The first kappa shape index (κ1) is 22.6. The van der Waals surface area contributed by atoms with Crippen LogP contribution in [0.15, 0.2) is 42.6 Å². The number of nitrogens with one attached hydrogen (secondary N) is 1. The van der Waals surface area contributed by atoms with Crippen molar-refractivity contribution in [2.45, 2.75) is 20.3 Å². The largest absolute Gasteiger partial charge is 0.469 e. The molecule has 1 aliphatic rings. The zero-order valence-electron chi connectivity index (χ0n) is 18.0. The monoisotopic (exact) mass is 443 g/mol. The molecule has 1 aliphatic heterocycles. The highest BCUT2D eigenvalue weighted by Gasteiger charge is 2.24. The third-order valence-corrected chi connectivity index (χ3v) is 5.57. The standard InChI is InChI=1S/C12H10ClNO2.C12H15NO2.H2/c1-7-3-4-10-8(5-7)11(13)9(6-14-10)12(15)16-2;1-8-3-4-11-9(5-8)6-10(7-13-11)12(14)15-2;/h3-6H,1-2H3;3-5,10,13H,6-7H2,1-2H3;1H/i;;1+1. The first-order chi connectivity index (χ1) is 14.8. The third kappa shape index (κ3) is 5.14. The normalized spacial score (nSPS) is 14.5. The van der Waals surface area contributed by atoms with Gasteiger partial charge in [-0.1, -0.05) is 40.9 Å². The highest BCUT2D eigenvalue weighted by atomic mass is 35.5. The van der Waals surface area contributed by atoms with Gasteiger partial charge in [0.15, 0.2) is 0 Å². The van der Waals surface area contributed by atoms with Gasteiger partial charge in [-0.15, -0.1) is 0 Å². The Morgan fingerprint density at radius 2 is 1.81 bits per heavy atom. The highest BCUT2D eigenvalue weighted by molar-refractivity contribution is 6.38. The second kappa shape index (κ2) is 9.79. The molecule has 0 saturated heterocycles. The summed E-state index contributed by atoms with van der Waals surface area (Å²) in [6, 6.07) is 12.0. The molecule has 7 heteroatoms. The van der Waals surface area contributed by atoms with E-state index in [-0.39, 0.29) is 13.3 Å². The number of pyridine rings is 1. The highest BCUT2D eigenvalue weighted by Crippen LogP contribution is 2.27. The average Bonchev–Trinajstić information content (AvgIpc) is 2.78. The summed E-state index contributed by atoms with van der Waals surface area (Å²) in [5, 5.41) is 4.41. The Morgan fingerprint density at radius 1 is 1.10 bits per heavy atom. The maximum atomic E-state index is 11.4. The zero-order valence-corrected chi connectivity index (χ0v) is 18.7. The number of hydrogen-bond donors (Lipinski definition) is 1. The van der Waals surface area contributed by atoms with Crippen molar-refractivity contribution in [3.05, 3.63) is 69.9 Å². The fourth-order valence-electron chi connectivity index (χ4n) is 3.49. The Balaban J connectivity index is 0.000000220. The van der Waals surface area contributed by atoms with Gasteiger partial charge in [0.05, 0.1) is 36.2 Å². The molecule has 0 fully saturated rings. The van der Waals surface area contributed by atoms with Gasteiger partial charge >= 0.3 is 11.9 Å². The van der Waals surface area contributed by atoms with Crippen molar-refractivity contribution in [1.29, 1.82) is 0 Å². The predicted molar refractivity (Wildman–Crippen MR) is 124 cm³/mol. The minimum Gasteiger partial charge on any atom is -0.469 e. The van der Waals surface area contributed by atoms with Crippen molar-refractivity contribution >= 4 is 40.1 Å². The van der Waals surface area contributed by atoms with E-state index < -0.39 is 5.97 Å². The lowest BCUT2D eigenvalue weighted by atomic mass is 9.93. The molecule has 31 heavy (non-hydrogen) atoms. The lowest BCUT2D eigenvalue weighted by Gasteiger charge is -2.24. The van der Waals surface area contributed by atoms with Crippen molar-refractivity contribution in [3.8, 4) is 0 Å². The van der Waals surface area contributed by atoms with E-state index in [9.17, 15) is 9.59 Å². The Kier molecular flexibility index (Phi) is 7.13. The Hall–Kier alpha value is -3.12. The number of benzene rings is 2. The van der Waals surface area contributed by atoms with Gasteiger partial charge in [-0.3, -0.25) is 9.78 Å². The molecule has 0 spiro atoms. The number of halogens is 1. The van der Waals surface area contributed by atoms with Gasteiger partial charge in [-0.05, 0) is 44.0 Å². The van der Waals surface area contributed by atoms with E-state index in [1.807, 2.05) is 25.1 Å². The Morgan fingerprint density at radius 3 is 2.52 bits per heavy atom. The van der Waals surface area contributed by atoms with Gasteiger partial charge in [-0.2, -0.15) is 0 Å². The number of nitrogens with zero attached hydrogens (tertiary/aromatic N) is 1. The van der Waals surface area contributed by atoms with E-state index in [0.717, 1.165) is 28.6 Å². The molecule has 4 rings (SSSR count). The minimum atomic E-state index is -0.471. The van der Waals surface area contributed by atoms with Crippen LogP contribution in [0, 0.1) is 19.8 Å². The number of fused-ring (bicyclic) bond motifs is 2. The maximum absolute atomic E-state index is 11.4. The van der Waals surface area contributed by atoms with Crippen LogP contribution < -0.4 is 5.32 Å². The molecule has 6 nitrogen and oxygen atoms in total. The summed E-state index contributed by atoms with van der Waals surface area (Å²) in [6.07, 6.45) is 2.21. The number of hydrogen-bond acceptors (Lipinski definition) is 6. The third-order valence-electron chi connectivity index (χ3n) is 5.16. The molecule has 0 radical (unpaired) electrons. The van der Waals surface area contributed by atoms with E-state index in [2.05, 4.69) is 40.2 Å². The summed E-state index contributed by atoms with van der Waals surface area (Å²) in [5.41, 5.74) is 5.70. The van der Waals surface area contributed by atoms with E-state index in [1.54, 1.807) is 0 Å². The fourth-order valence-corrected chi connectivity index (χ4v) is 3.77. The number of aryl methyl sites for hydroxylation is 2. The van der Waals surface area contributed by atoms with Crippen LogP contribution in [0.1, 0.15) is 28.5 Å². The molecule has 3 aromatic rings. The van der Waals surface area contributed by atoms with Gasteiger partial charge in [0, 0.05) is 25.2 Å². The van der Waals surface area contributed by atoms with E-state index >= 15 is 0 Å². The molecular weight excluding hydrogens is 416 g/mol. The van der Waals surface area contributed by atoms with Gasteiger partial charge in [-0.25, -0.2) is 4.79 Å². The van der Waals surface area contributed by atoms with Crippen molar-refractivity contribution in [2.75, 3.05) is 26.1 Å². The van der Waals surface area contributed by atoms with Crippen LogP contribution in [-0.4, -0.2) is 37.7 Å². The van der Waals surface area contributed by atoms with Gasteiger partial charge in [0.2, 0.25) is 0 Å². The molecule has 2 heterocycles. The van der Waals surface area contributed by atoms with E-state index in [0.29, 0.717) is 17.1 Å². The Labute approximate surface area is 188 Å². The number of carbonyl (C=O) groups excluding carboxylic acids is 2. The lowest BCUT2D eigenvalue weighted by Crippen LogP contribution is -2.30. The topological polar surface area (TPSA) is 77.5 Å². The van der Waals surface area contributed by atoms with Crippen LogP contribution in [-0.2, 0) is 20.7 Å². The van der Waals surface area contributed by atoms with Crippen molar-refractivity contribution in [2.24, 2.45) is 5.92 Å². The molecule has 0 aliphatic carbocycles. The first-order valence-corrected chi connectivity index (χ1v) is 10.3. The quantitative estimate of drug-likeness (QED) is 0.563. The van der Waals surface area contributed by atoms with Gasteiger partial charge < -0.3 is 14.8 Å². The number of methoxy groups -OCH3 is 2. The first-order valence-electron chi connectivity index (χ1n) is 9.88. The Bertz CT molecular complexity index is 1140. The van der Waals surface area contributed by atoms with Crippen LogP contribution in [0.25, 0.3) is 10.9 Å². The molecule has 1 unspecified atom stereocenters. The number of anilines is 1. The minimum absolute atomic E-state index is 0. The predicted octanol–water partition coefficient (Wildman–Crippen LogP) is 4.98. The van der Waals surface area contributed by atoms with Gasteiger partial charge in [0.25, 0.3) is 0 Å². The van der Waals surface area contributed by atoms with Crippen molar-refractivity contribution in [3.63, 3.8) is 0 Å². The lowest BCUT2D eigenvalue weighted by molar-refractivity contribution is -0.145.